The maximum absolute atomic E-state index is 11.8. The van der Waals surface area contributed by atoms with Gasteiger partial charge >= 0.3 is 0 Å². The average molecular weight is 246 g/mol. The Labute approximate surface area is 101 Å². The van der Waals surface area contributed by atoms with E-state index in [4.69, 9.17) is 15.2 Å². The number of aliphatic hydroxyl groups excluding tert-OH is 1. The fraction of sp³-hybridized carbons (Fsp3) is 0.909. The molecular formula is C11H22N2O4. The highest BCUT2D eigenvalue weighted by Gasteiger charge is 2.34. The van der Waals surface area contributed by atoms with Crippen LogP contribution in [0.1, 0.15) is 19.3 Å². The molecule has 1 heterocycles. The summed E-state index contributed by atoms with van der Waals surface area (Å²) in [4.78, 5) is 11.8. The van der Waals surface area contributed by atoms with Gasteiger partial charge in [0, 0.05) is 26.9 Å². The first-order valence-corrected chi connectivity index (χ1v) is 5.89. The minimum absolute atomic E-state index is 0.0842. The number of nitrogens with two attached hydrogens (primary N) is 1. The molecule has 1 fully saturated rings. The fourth-order valence-electron chi connectivity index (χ4n) is 1.81. The molecule has 6 nitrogen and oxygen atoms in total. The van der Waals surface area contributed by atoms with E-state index in [1.54, 1.807) is 7.11 Å². The van der Waals surface area contributed by atoms with E-state index in [9.17, 15) is 9.90 Å². The van der Waals surface area contributed by atoms with Crippen molar-refractivity contribution in [2.24, 2.45) is 5.73 Å². The van der Waals surface area contributed by atoms with E-state index in [0.29, 0.717) is 39.1 Å². The molecule has 0 aromatic carbocycles. The van der Waals surface area contributed by atoms with Crippen LogP contribution in [0.5, 0.6) is 0 Å². The minimum atomic E-state index is -0.596. The third kappa shape index (κ3) is 4.23. The Hall–Kier alpha value is -0.690. The van der Waals surface area contributed by atoms with E-state index in [1.807, 2.05) is 0 Å². The van der Waals surface area contributed by atoms with Crippen LogP contribution in [0.15, 0.2) is 0 Å². The SMILES string of the molecule is COCCC(N)C(=O)NC1(CO)CCOCC1. The van der Waals surface area contributed by atoms with Gasteiger partial charge in [-0.2, -0.15) is 0 Å². The maximum atomic E-state index is 11.8. The van der Waals surface area contributed by atoms with Crippen LogP contribution in [0.4, 0.5) is 0 Å². The zero-order valence-corrected chi connectivity index (χ0v) is 10.3. The number of ether oxygens (including phenoxy) is 2. The van der Waals surface area contributed by atoms with Crippen molar-refractivity contribution < 1.29 is 19.4 Å². The number of carbonyl (C=O) groups is 1. The average Bonchev–Trinajstić information content (AvgIpc) is 2.36. The van der Waals surface area contributed by atoms with E-state index in [-0.39, 0.29) is 12.5 Å². The Bertz CT molecular complexity index is 242. The summed E-state index contributed by atoms with van der Waals surface area (Å²) >= 11 is 0. The second-order valence-electron chi connectivity index (χ2n) is 4.43. The van der Waals surface area contributed by atoms with Gasteiger partial charge in [0.05, 0.1) is 18.2 Å². The first kappa shape index (κ1) is 14.4. The number of rotatable bonds is 6. The van der Waals surface area contributed by atoms with Crippen molar-refractivity contribution in [1.29, 1.82) is 0 Å². The number of hydrogen-bond acceptors (Lipinski definition) is 5. The fourth-order valence-corrected chi connectivity index (χ4v) is 1.81. The molecule has 0 saturated carbocycles. The molecule has 1 rings (SSSR count). The number of hydrogen-bond donors (Lipinski definition) is 3. The van der Waals surface area contributed by atoms with E-state index in [1.165, 1.54) is 0 Å². The second-order valence-corrected chi connectivity index (χ2v) is 4.43. The Kier molecular flexibility index (Phi) is 5.84. The molecule has 0 aliphatic carbocycles. The Balaban J connectivity index is 2.46. The predicted octanol–water partition coefficient (Wildman–Crippen LogP) is -0.992. The van der Waals surface area contributed by atoms with Gasteiger partial charge in [-0.1, -0.05) is 0 Å². The first-order valence-electron chi connectivity index (χ1n) is 5.89. The molecule has 0 aromatic heterocycles. The van der Waals surface area contributed by atoms with Gasteiger partial charge in [-0.15, -0.1) is 0 Å². The van der Waals surface area contributed by atoms with Crippen molar-refractivity contribution in [3.05, 3.63) is 0 Å². The standard InChI is InChI=1S/C11H22N2O4/c1-16-5-2-9(12)10(15)13-11(8-14)3-6-17-7-4-11/h9,14H,2-8,12H2,1H3,(H,13,15). The third-order valence-corrected chi connectivity index (χ3v) is 3.11. The number of nitrogens with one attached hydrogen (secondary N) is 1. The van der Waals surface area contributed by atoms with Gasteiger partial charge in [0.25, 0.3) is 0 Å². The van der Waals surface area contributed by atoms with Gasteiger partial charge in [-0.05, 0) is 19.3 Å². The van der Waals surface area contributed by atoms with Crippen LogP contribution in [0.3, 0.4) is 0 Å². The summed E-state index contributed by atoms with van der Waals surface area (Å²) < 4.78 is 10.1. The van der Waals surface area contributed by atoms with Gasteiger partial charge in [-0.25, -0.2) is 0 Å². The molecule has 17 heavy (non-hydrogen) atoms. The molecule has 6 heteroatoms. The van der Waals surface area contributed by atoms with E-state index in [2.05, 4.69) is 5.32 Å². The van der Waals surface area contributed by atoms with Crippen molar-refractivity contribution in [2.75, 3.05) is 33.5 Å². The summed E-state index contributed by atoms with van der Waals surface area (Å²) in [6.07, 6.45) is 1.71. The lowest BCUT2D eigenvalue weighted by atomic mass is 9.90. The Morgan fingerprint density at radius 3 is 2.76 bits per heavy atom. The van der Waals surface area contributed by atoms with Gasteiger partial charge in [-0.3, -0.25) is 4.79 Å². The van der Waals surface area contributed by atoms with E-state index >= 15 is 0 Å². The molecule has 0 aromatic rings. The highest BCUT2D eigenvalue weighted by molar-refractivity contribution is 5.82. The molecule has 1 aliphatic rings. The van der Waals surface area contributed by atoms with Crippen LogP contribution in [0.25, 0.3) is 0 Å². The molecule has 1 unspecified atom stereocenters. The van der Waals surface area contributed by atoms with E-state index in [0.717, 1.165) is 0 Å². The summed E-state index contributed by atoms with van der Waals surface area (Å²) in [5.41, 5.74) is 5.16. The number of amides is 1. The zero-order valence-electron chi connectivity index (χ0n) is 10.3. The van der Waals surface area contributed by atoms with Crippen LogP contribution < -0.4 is 11.1 Å². The smallest absolute Gasteiger partial charge is 0.237 e. The second kappa shape index (κ2) is 6.90. The zero-order chi connectivity index (χ0) is 12.7. The normalized spacial score (nSPS) is 20.9. The Morgan fingerprint density at radius 1 is 1.59 bits per heavy atom. The minimum Gasteiger partial charge on any atom is -0.394 e. The summed E-state index contributed by atoms with van der Waals surface area (Å²) in [7, 11) is 1.57. The largest absolute Gasteiger partial charge is 0.394 e. The van der Waals surface area contributed by atoms with Gasteiger partial charge in [0.2, 0.25) is 5.91 Å². The summed E-state index contributed by atoms with van der Waals surface area (Å²) in [6.45, 7) is 1.46. The molecule has 0 bridgehead atoms. The van der Waals surface area contributed by atoms with Crippen molar-refractivity contribution in [3.8, 4) is 0 Å². The quantitative estimate of drug-likeness (QED) is 0.559. The van der Waals surface area contributed by atoms with Crippen LogP contribution in [0, 0.1) is 0 Å². The summed E-state index contributed by atoms with van der Waals surface area (Å²) in [5, 5.41) is 12.3. The molecular weight excluding hydrogens is 224 g/mol. The van der Waals surface area contributed by atoms with Crippen LogP contribution in [0.2, 0.25) is 0 Å². The molecule has 1 amide bonds. The first-order chi connectivity index (χ1) is 8.13. The monoisotopic (exact) mass is 246 g/mol. The van der Waals surface area contributed by atoms with Gasteiger partial charge in [0.1, 0.15) is 0 Å². The van der Waals surface area contributed by atoms with Crippen molar-refractivity contribution >= 4 is 5.91 Å². The van der Waals surface area contributed by atoms with Crippen LogP contribution in [-0.2, 0) is 14.3 Å². The van der Waals surface area contributed by atoms with Gasteiger partial charge < -0.3 is 25.6 Å². The molecule has 0 radical (unpaired) electrons. The third-order valence-electron chi connectivity index (χ3n) is 3.11. The molecule has 100 valence electrons. The summed E-state index contributed by atoms with van der Waals surface area (Å²) in [6, 6.07) is -0.596. The number of carbonyl (C=O) groups excluding carboxylic acids is 1. The number of methoxy groups -OCH3 is 1. The summed E-state index contributed by atoms with van der Waals surface area (Å²) in [5.74, 6) is -0.238. The lowest BCUT2D eigenvalue weighted by Crippen LogP contribution is -2.58. The maximum Gasteiger partial charge on any atom is 0.237 e. The highest BCUT2D eigenvalue weighted by atomic mass is 16.5. The lowest BCUT2D eigenvalue weighted by Gasteiger charge is -2.37. The lowest BCUT2D eigenvalue weighted by molar-refractivity contribution is -0.127. The molecule has 4 N–H and O–H groups in total. The molecule has 1 saturated heterocycles. The van der Waals surface area contributed by atoms with Crippen LogP contribution >= 0.6 is 0 Å². The van der Waals surface area contributed by atoms with Crippen molar-refractivity contribution in [3.63, 3.8) is 0 Å². The highest BCUT2D eigenvalue weighted by Crippen LogP contribution is 2.20. The molecule has 1 aliphatic heterocycles. The topological polar surface area (TPSA) is 93.8 Å². The molecule has 1 atom stereocenters. The van der Waals surface area contributed by atoms with Crippen LogP contribution in [-0.4, -0.2) is 56.1 Å². The van der Waals surface area contributed by atoms with Crippen molar-refractivity contribution in [1.82, 2.24) is 5.32 Å². The van der Waals surface area contributed by atoms with Crippen molar-refractivity contribution in [2.45, 2.75) is 30.8 Å². The van der Waals surface area contributed by atoms with E-state index < -0.39 is 11.6 Å². The number of aliphatic hydroxyl groups is 1. The Morgan fingerprint density at radius 2 is 2.24 bits per heavy atom. The molecule has 0 spiro atoms. The van der Waals surface area contributed by atoms with Gasteiger partial charge in [0.15, 0.2) is 0 Å². The predicted molar refractivity (Wildman–Crippen MR) is 62.5 cm³/mol.